The number of rotatable bonds is 5. The van der Waals surface area contributed by atoms with Crippen LogP contribution < -0.4 is 16.0 Å². The first-order valence-corrected chi connectivity index (χ1v) is 9.86. The molecule has 3 unspecified atom stereocenters. The molecule has 2 rings (SSSR count). The second-order valence-electron chi connectivity index (χ2n) is 8.19. The van der Waals surface area contributed by atoms with E-state index in [0.29, 0.717) is 19.3 Å². The SMILES string of the molecule is CNC(=O)C1CCC(NC(=O)OCc2ccccc2)C(NC(=O)OC(C)(C)C)C1. The van der Waals surface area contributed by atoms with Crippen LogP contribution >= 0.6 is 0 Å². The first-order chi connectivity index (χ1) is 13.7. The molecule has 3 N–H and O–H groups in total. The summed E-state index contributed by atoms with van der Waals surface area (Å²) in [6.45, 7) is 5.48. The predicted octanol–water partition coefficient (Wildman–Crippen LogP) is 2.72. The summed E-state index contributed by atoms with van der Waals surface area (Å²) in [5.41, 5.74) is 0.241. The van der Waals surface area contributed by atoms with E-state index < -0.39 is 23.8 Å². The van der Waals surface area contributed by atoms with Crippen LogP contribution in [0, 0.1) is 5.92 Å². The maximum absolute atomic E-state index is 12.3. The summed E-state index contributed by atoms with van der Waals surface area (Å²) in [5, 5.41) is 8.27. The fraction of sp³-hybridized carbons (Fsp3) is 0.571. The molecule has 29 heavy (non-hydrogen) atoms. The van der Waals surface area contributed by atoms with E-state index in [2.05, 4.69) is 16.0 Å². The minimum atomic E-state index is -0.642. The van der Waals surface area contributed by atoms with Gasteiger partial charge in [-0.15, -0.1) is 0 Å². The van der Waals surface area contributed by atoms with Crippen molar-refractivity contribution in [3.63, 3.8) is 0 Å². The number of benzene rings is 1. The first-order valence-electron chi connectivity index (χ1n) is 9.86. The lowest BCUT2D eigenvalue weighted by Crippen LogP contribution is -2.56. The number of ether oxygens (including phenoxy) is 2. The number of hydrogen-bond acceptors (Lipinski definition) is 5. The smallest absolute Gasteiger partial charge is 0.407 e. The van der Waals surface area contributed by atoms with E-state index in [1.165, 1.54) is 0 Å². The number of nitrogens with one attached hydrogen (secondary N) is 3. The third-order valence-electron chi connectivity index (χ3n) is 4.69. The molecule has 1 aliphatic carbocycles. The van der Waals surface area contributed by atoms with Crippen LogP contribution in [-0.4, -0.2) is 42.8 Å². The van der Waals surface area contributed by atoms with Crippen LogP contribution in [0.4, 0.5) is 9.59 Å². The predicted molar refractivity (Wildman–Crippen MR) is 108 cm³/mol. The first kappa shape index (κ1) is 22.5. The molecular formula is C21H31N3O5. The second-order valence-corrected chi connectivity index (χ2v) is 8.19. The molecule has 1 fully saturated rings. The molecule has 1 aromatic rings. The monoisotopic (exact) mass is 405 g/mol. The molecule has 3 amide bonds. The zero-order valence-corrected chi connectivity index (χ0v) is 17.5. The Morgan fingerprint density at radius 2 is 1.66 bits per heavy atom. The van der Waals surface area contributed by atoms with Crippen LogP contribution in [0.2, 0.25) is 0 Å². The standard InChI is InChI=1S/C21H31N3O5/c1-21(2,3)29-20(27)24-17-12-15(18(25)22-4)10-11-16(17)23-19(26)28-13-14-8-6-5-7-9-14/h5-9,15-17H,10-13H2,1-4H3,(H,22,25)(H,23,26)(H,24,27). The van der Waals surface area contributed by atoms with Crippen molar-refractivity contribution in [1.82, 2.24) is 16.0 Å². The van der Waals surface area contributed by atoms with Gasteiger partial charge in [0, 0.05) is 13.0 Å². The van der Waals surface area contributed by atoms with Gasteiger partial charge in [0.15, 0.2) is 0 Å². The molecule has 0 heterocycles. The molecule has 0 bridgehead atoms. The molecule has 8 heteroatoms. The Morgan fingerprint density at radius 1 is 1.00 bits per heavy atom. The lowest BCUT2D eigenvalue weighted by Gasteiger charge is -2.36. The van der Waals surface area contributed by atoms with Gasteiger partial charge in [-0.05, 0) is 45.6 Å². The zero-order valence-electron chi connectivity index (χ0n) is 17.5. The summed E-state index contributed by atoms with van der Waals surface area (Å²) >= 11 is 0. The number of carbonyl (C=O) groups excluding carboxylic acids is 3. The van der Waals surface area contributed by atoms with E-state index in [-0.39, 0.29) is 24.5 Å². The Labute approximate surface area is 171 Å². The van der Waals surface area contributed by atoms with Crippen LogP contribution in [-0.2, 0) is 20.9 Å². The Bertz CT molecular complexity index is 702. The highest BCUT2D eigenvalue weighted by molar-refractivity contribution is 5.79. The van der Waals surface area contributed by atoms with E-state index in [1.807, 2.05) is 30.3 Å². The van der Waals surface area contributed by atoms with Gasteiger partial charge in [0.25, 0.3) is 0 Å². The lowest BCUT2D eigenvalue weighted by atomic mass is 9.82. The number of alkyl carbamates (subject to hydrolysis) is 2. The van der Waals surface area contributed by atoms with Crippen LogP contribution in [0.1, 0.15) is 45.6 Å². The van der Waals surface area contributed by atoms with E-state index >= 15 is 0 Å². The highest BCUT2D eigenvalue weighted by Crippen LogP contribution is 2.25. The van der Waals surface area contributed by atoms with Crippen LogP contribution in [0.25, 0.3) is 0 Å². The van der Waals surface area contributed by atoms with Crippen molar-refractivity contribution in [2.24, 2.45) is 5.92 Å². The minimum Gasteiger partial charge on any atom is -0.445 e. The topological polar surface area (TPSA) is 106 Å². The average molecular weight is 405 g/mol. The van der Waals surface area contributed by atoms with Gasteiger partial charge >= 0.3 is 12.2 Å². The summed E-state index contributed by atoms with van der Waals surface area (Å²) in [4.78, 5) is 36.5. The van der Waals surface area contributed by atoms with Crippen molar-refractivity contribution in [2.45, 2.75) is 64.3 Å². The second kappa shape index (κ2) is 10.1. The highest BCUT2D eigenvalue weighted by Gasteiger charge is 2.36. The Hall–Kier alpha value is -2.77. The van der Waals surface area contributed by atoms with Gasteiger partial charge in [-0.1, -0.05) is 30.3 Å². The maximum Gasteiger partial charge on any atom is 0.407 e. The van der Waals surface area contributed by atoms with Gasteiger partial charge in [0.05, 0.1) is 12.1 Å². The number of amides is 3. The van der Waals surface area contributed by atoms with Gasteiger partial charge in [0.1, 0.15) is 12.2 Å². The molecule has 1 saturated carbocycles. The Kier molecular flexibility index (Phi) is 7.87. The van der Waals surface area contributed by atoms with Crippen LogP contribution in [0.5, 0.6) is 0 Å². The molecule has 0 aromatic heterocycles. The van der Waals surface area contributed by atoms with Crippen molar-refractivity contribution in [1.29, 1.82) is 0 Å². The fourth-order valence-corrected chi connectivity index (χ4v) is 3.32. The maximum atomic E-state index is 12.3. The quantitative estimate of drug-likeness (QED) is 0.698. The van der Waals surface area contributed by atoms with Crippen LogP contribution in [0.3, 0.4) is 0 Å². The molecule has 0 saturated heterocycles. The minimum absolute atomic E-state index is 0.0777. The van der Waals surface area contributed by atoms with E-state index in [4.69, 9.17) is 9.47 Å². The average Bonchev–Trinajstić information content (AvgIpc) is 2.66. The van der Waals surface area contributed by atoms with Gasteiger partial charge in [0.2, 0.25) is 5.91 Å². The zero-order chi connectivity index (χ0) is 21.4. The third kappa shape index (κ3) is 7.63. The molecule has 0 aliphatic heterocycles. The lowest BCUT2D eigenvalue weighted by molar-refractivity contribution is -0.125. The third-order valence-corrected chi connectivity index (χ3v) is 4.69. The van der Waals surface area contributed by atoms with Crippen molar-refractivity contribution in [3.8, 4) is 0 Å². The van der Waals surface area contributed by atoms with E-state index in [1.54, 1.807) is 27.8 Å². The van der Waals surface area contributed by atoms with Crippen molar-refractivity contribution < 1.29 is 23.9 Å². The molecule has 160 valence electrons. The van der Waals surface area contributed by atoms with E-state index in [9.17, 15) is 14.4 Å². The van der Waals surface area contributed by atoms with Gasteiger partial charge in [-0.3, -0.25) is 4.79 Å². The highest BCUT2D eigenvalue weighted by atomic mass is 16.6. The molecule has 1 aromatic carbocycles. The molecule has 8 nitrogen and oxygen atoms in total. The summed E-state index contributed by atoms with van der Waals surface area (Å²) in [7, 11) is 1.59. The van der Waals surface area contributed by atoms with Crippen molar-refractivity contribution in [2.75, 3.05) is 7.05 Å². The van der Waals surface area contributed by atoms with Gasteiger partial charge in [-0.2, -0.15) is 0 Å². The van der Waals surface area contributed by atoms with Crippen molar-refractivity contribution >= 4 is 18.1 Å². The summed E-state index contributed by atoms with van der Waals surface area (Å²) < 4.78 is 10.6. The molecule has 3 atom stereocenters. The largest absolute Gasteiger partial charge is 0.445 e. The Balaban J connectivity index is 1.97. The molecule has 0 spiro atoms. The van der Waals surface area contributed by atoms with Crippen molar-refractivity contribution in [3.05, 3.63) is 35.9 Å². The van der Waals surface area contributed by atoms with E-state index in [0.717, 1.165) is 5.56 Å². The molecule has 0 radical (unpaired) electrons. The summed E-state index contributed by atoms with van der Waals surface area (Å²) in [6, 6.07) is 8.58. The molecular weight excluding hydrogens is 374 g/mol. The number of hydrogen-bond donors (Lipinski definition) is 3. The van der Waals surface area contributed by atoms with Gasteiger partial charge in [-0.25, -0.2) is 9.59 Å². The normalized spacial score (nSPS) is 21.6. The number of carbonyl (C=O) groups is 3. The van der Waals surface area contributed by atoms with Crippen LogP contribution in [0.15, 0.2) is 30.3 Å². The fourth-order valence-electron chi connectivity index (χ4n) is 3.32. The summed E-state index contributed by atoms with van der Waals surface area (Å²) in [5.74, 6) is -0.315. The molecule has 1 aliphatic rings. The van der Waals surface area contributed by atoms with Gasteiger partial charge < -0.3 is 25.4 Å². The summed E-state index contributed by atoms with van der Waals surface area (Å²) in [6.07, 6.45) is 0.412. The Morgan fingerprint density at radius 3 is 2.28 bits per heavy atom.